The Hall–Kier alpha value is -1.66. The molecular formula is C20H35N5O. The van der Waals surface area contributed by atoms with E-state index in [9.17, 15) is 0 Å². The van der Waals surface area contributed by atoms with Gasteiger partial charge in [0.05, 0.1) is 19.3 Å². The van der Waals surface area contributed by atoms with Crippen LogP contribution >= 0.6 is 0 Å². The normalized spacial score (nSPS) is 19.0. The highest BCUT2D eigenvalue weighted by Gasteiger charge is 2.20. The van der Waals surface area contributed by atoms with Crippen molar-refractivity contribution in [2.75, 3.05) is 45.9 Å². The molecular weight excluding hydrogens is 326 g/mol. The Morgan fingerprint density at radius 2 is 2.27 bits per heavy atom. The SMILES string of the molecule is CCNC(=NCC1CN(CC(C)C)CCO1)NCCc1ccncc1C. The first-order valence-electron chi connectivity index (χ1n) is 9.84. The van der Waals surface area contributed by atoms with E-state index in [1.807, 2.05) is 12.4 Å². The van der Waals surface area contributed by atoms with E-state index in [4.69, 9.17) is 9.73 Å². The smallest absolute Gasteiger partial charge is 0.191 e. The maximum absolute atomic E-state index is 5.90. The number of hydrogen-bond acceptors (Lipinski definition) is 4. The average Bonchev–Trinajstić information content (AvgIpc) is 2.61. The molecule has 1 fully saturated rings. The summed E-state index contributed by atoms with van der Waals surface area (Å²) in [5, 5.41) is 6.75. The predicted molar refractivity (Wildman–Crippen MR) is 108 cm³/mol. The number of ether oxygens (including phenoxy) is 1. The number of aliphatic imine (C=N–C) groups is 1. The van der Waals surface area contributed by atoms with Gasteiger partial charge in [0.2, 0.25) is 0 Å². The monoisotopic (exact) mass is 361 g/mol. The number of pyridine rings is 1. The fourth-order valence-corrected chi connectivity index (χ4v) is 3.21. The summed E-state index contributed by atoms with van der Waals surface area (Å²) in [4.78, 5) is 11.4. The van der Waals surface area contributed by atoms with E-state index < -0.39 is 0 Å². The molecule has 1 aromatic heterocycles. The molecule has 1 aliphatic heterocycles. The zero-order valence-corrected chi connectivity index (χ0v) is 16.8. The molecule has 0 aliphatic carbocycles. The summed E-state index contributed by atoms with van der Waals surface area (Å²) in [6.45, 7) is 15.0. The second kappa shape index (κ2) is 11.1. The summed E-state index contributed by atoms with van der Waals surface area (Å²) in [7, 11) is 0. The van der Waals surface area contributed by atoms with Crippen molar-refractivity contribution in [3.8, 4) is 0 Å². The van der Waals surface area contributed by atoms with Crippen LogP contribution in [0.2, 0.25) is 0 Å². The van der Waals surface area contributed by atoms with Crippen LogP contribution in [-0.2, 0) is 11.2 Å². The number of aryl methyl sites for hydroxylation is 1. The van der Waals surface area contributed by atoms with Gasteiger partial charge in [-0.3, -0.25) is 14.9 Å². The topological polar surface area (TPSA) is 61.8 Å². The van der Waals surface area contributed by atoms with E-state index in [1.54, 1.807) is 0 Å². The van der Waals surface area contributed by atoms with Gasteiger partial charge in [-0.05, 0) is 43.4 Å². The van der Waals surface area contributed by atoms with Gasteiger partial charge in [-0.1, -0.05) is 13.8 Å². The van der Waals surface area contributed by atoms with Crippen molar-refractivity contribution in [1.82, 2.24) is 20.5 Å². The molecule has 2 heterocycles. The van der Waals surface area contributed by atoms with Crippen molar-refractivity contribution < 1.29 is 4.74 Å². The summed E-state index contributed by atoms with van der Waals surface area (Å²) >= 11 is 0. The third-order valence-electron chi connectivity index (χ3n) is 4.47. The second-order valence-corrected chi connectivity index (χ2v) is 7.34. The molecule has 1 aliphatic rings. The van der Waals surface area contributed by atoms with Crippen LogP contribution in [-0.4, -0.2) is 67.8 Å². The maximum atomic E-state index is 5.90. The minimum Gasteiger partial charge on any atom is -0.374 e. The van der Waals surface area contributed by atoms with Crippen LogP contribution in [0.4, 0.5) is 0 Å². The van der Waals surface area contributed by atoms with Gasteiger partial charge in [0.15, 0.2) is 5.96 Å². The van der Waals surface area contributed by atoms with E-state index in [0.29, 0.717) is 12.5 Å². The molecule has 0 saturated carbocycles. The minimum atomic E-state index is 0.181. The lowest BCUT2D eigenvalue weighted by Gasteiger charge is -2.33. The van der Waals surface area contributed by atoms with E-state index in [-0.39, 0.29) is 6.10 Å². The molecule has 0 radical (unpaired) electrons. The van der Waals surface area contributed by atoms with Gasteiger partial charge in [0.1, 0.15) is 0 Å². The molecule has 26 heavy (non-hydrogen) atoms. The lowest BCUT2D eigenvalue weighted by atomic mass is 10.1. The molecule has 6 heteroatoms. The van der Waals surface area contributed by atoms with Gasteiger partial charge in [-0.25, -0.2) is 0 Å². The number of nitrogens with one attached hydrogen (secondary N) is 2. The minimum absolute atomic E-state index is 0.181. The van der Waals surface area contributed by atoms with Gasteiger partial charge in [-0.15, -0.1) is 0 Å². The van der Waals surface area contributed by atoms with Crippen LogP contribution in [0.3, 0.4) is 0 Å². The number of rotatable bonds is 8. The molecule has 1 atom stereocenters. The fraction of sp³-hybridized carbons (Fsp3) is 0.700. The Labute approximate surface area is 158 Å². The van der Waals surface area contributed by atoms with Crippen LogP contribution in [0.1, 0.15) is 31.9 Å². The largest absolute Gasteiger partial charge is 0.374 e. The molecule has 2 N–H and O–H groups in total. The van der Waals surface area contributed by atoms with Crippen LogP contribution in [0.5, 0.6) is 0 Å². The standard InChI is InChI=1S/C20H35N5O/c1-5-22-20(23-9-7-18-6-8-21-12-17(18)4)24-13-19-15-25(10-11-26-19)14-16(2)3/h6,8,12,16,19H,5,7,9-11,13-15H2,1-4H3,(H2,22,23,24). The maximum Gasteiger partial charge on any atom is 0.191 e. The summed E-state index contributed by atoms with van der Waals surface area (Å²) in [5.74, 6) is 1.55. The van der Waals surface area contributed by atoms with E-state index in [1.165, 1.54) is 11.1 Å². The zero-order chi connectivity index (χ0) is 18.8. The van der Waals surface area contributed by atoms with E-state index in [2.05, 4.69) is 54.3 Å². The molecule has 0 aromatic carbocycles. The lowest BCUT2D eigenvalue weighted by molar-refractivity contribution is -0.0261. The van der Waals surface area contributed by atoms with Crippen LogP contribution in [0, 0.1) is 12.8 Å². The summed E-state index contributed by atoms with van der Waals surface area (Å²) in [6.07, 6.45) is 4.91. The van der Waals surface area contributed by atoms with Crippen LogP contribution in [0.25, 0.3) is 0 Å². The molecule has 1 saturated heterocycles. The molecule has 146 valence electrons. The Morgan fingerprint density at radius 1 is 1.42 bits per heavy atom. The van der Waals surface area contributed by atoms with E-state index in [0.717, 1.165) is 51.7 Å². The van der Waals surface area contributed by atoms with Crippen molar-refractivity contribution in [3.05, 3.63) is 29.6 Å². The fourth-order valence-electron chi connectivity index (χ4n) is 3.21. The number of aromatic nitrogens is 1. The van der Waals surface area contributed by atoms with Crippen LogP contribution < -0.4 is 10.6 Å². The predicted octanol–water partition coefficient (Wildman–Crippen LogP) is 1.84. The third kappa shape index (κ3) is 7.30. The van der Waals surface area contributed by atoms with Crippen molar-refractivity contribution in [1.29, 1.82) is 0 Å². The van der Waals surface area contributed by atoms with Crippen LogP contribution in [0.15, 0.2) is 23.5 Å². The average molecular weight is 362 g/mol. The van der Waals surface area contributed by atoms with Gasteiger partial charge in [0, 0.05) is 45.1 Å². The van der Waals surface area contributed by atoms with Gasteiger partial charge >= 0.3 is 0 Å². The first kappa shape index (κ1) is 20.6. The van der Waals surface area contributed by atoms with Gasteiger partial charge in [-0.2, -0.15) is 0 Å². The molecule has 6 nitrogen and oxygen atoms in total. The van der Waals surface area contributed by atoms with Crippen molar-refractivity contribution in [2.24, 2.45) is 10.9 Å². The molecule has 0 spiro atoms. The summed E-state index contributed by atoms with van der Waals surface area (Å²) < 4.78 is 5.90. The molecule has 0 amide bonds. The summed E-state index contributed by atoms with van der Waals surface area (Å²) in [5.41, 5.74) is 2.56. The van der Waals surface area contributed by atoms with Crippen molar-refractivity contribution >= 4 is 5.96 Å². The Bertz CT molecular complexity index is 561. The number of guanidine groups is 1. The number of hydrogen-bond donors (Lipinski definition) is 2. The Morgan fingerprint density at radius 3 is 3.00 bits per heavy atom. The van der Waals surface area contributed by atoms with Gasteiger partial charge in [0.25, 0.3) is 0 Å². The Balaban J connectivity index is 1.81. The molecule has 0 bridgehead atoms. The highest BCUT2D eigenvalue weighted by atomic mass is 16.5. The van der Waals surface area contributed by atoms with E-state index >= 15 is 0 Å². The second-order valence-electron chi connectivity index (χ2n) is 7.34. The number of morpholine rings is 1. The first-order chi connectivity index (χ1) is 12.6. The summed E-state index contributed by atoms with van der Waals surface area (Å²) in [6, 6.07) is 2.08. The zero-order valence-electron chi connectivity index (χ0n) is 16.8. The molecule has 1 unspecified atom stereocenters. The number of nitrogens with zero attached hydrogens (tertiary/aromatic N) is 3. The Kier molecular flexibility index (Phi) is 8.85. The van der Waals surface area contributed by atoms with Crippen molar-refractivity contribution in [3.63, 3.8) is 0 Å². The van der Waals surface area contributed by atoms with Crippen molar-refractivity contribution in [2.45, 2.75) is 40.2 Å². The third-order valence-corrected chi connectivity index (χ3v) is 4.47. The van der Waals surface area contributed by atoms with Gasteiger partial charge < -0.3 is 15.4 Å². The quantitative estimate of drug-likeness (QED) is 0.546. The molecule has 2 rings (SSSR count). The lowest BCUT2D eigenvalue weighted by Crippen LogP contribution is -2.46. The molecule has 1 aromatic rings. The first-order valence-corrected chi connectivity index (χ1v) is 9.84. The highest BCUT2D eigenvalue weighted by molar-refractivity contribution is 5.79. The highest BCUT2D eigenvalue weighted by Crippen LogP contribution is 2.08.